The molecule has 0 bridgehead atoms. The molecule has 4 nitrogen and oxygen atoms in total. The average Bonchev–Trinajstić information content (AvgIpc) is 2.64. The van der Waals surface area contributed by atoms with Gasteiger partial charge in [-0.3, -0.25) is 0 Å². The lowest BCUT2D eigenvalue weighted by molar-refractivity contribution is 0.0737. The van der Waals surface area contributed by atoms with Crippen LogP contribution in [0.1, 0.15) is 19.3 Å². The van der Waals surface area contributed by atoms with Gasteiger partial charge in [-0.25, -0.2) is 4.98 Å². The fraction of sp³-hybridized carbons (Fsp3) is 0.615. The maximum absolute atomic E-state index is 4.34. The second-order valence-electron chi connectivity index (χ2n) is 5.02. The number of nitrogens with zero attached hydrogens (tertiary/aromatic N) is 3. The zero-order valence-corrected chi connectivity index (χ0v) is 10.8. The van der Waals surface area contributed by atoms with Crippen LogP contribution in [0.5, 0.6) is 0 Å². The molecule has 0 radical (unpaired) electrons. The van der Waals surface area contributed by atoms with E-state index in [1.54, 1.807) is 0 Å². The summed E-state index contributed by atoms with van der Waals surface area (Å²) in [5.74, 6) is 0.943. The van der Waals surface area contributed by atoms with E-state index in [4.69, 9.17) is 0 Å². The molecule has 0 aromatic carbocycles. The molecular formula is C13H22N4. The quantitative estimate of drug-likeness (QED) is 0.764. The van der Waals surface area contributed by atoms with Crippen LogP contribution in [0.25, 0.3) is 0 Å². The van der Waals surface area contributed by atoms with Crippen LogP contribution in [-0.4, -0.2) is 40.6 Å². The smallest absolute Gasteiger partial charge is 0.203 e. The van der Waals surface area contributed by atoms with Gasteiger partial charge in [-0.1, -0.05) is 6.08 Å². The van der Waals surface area contributed by atoms with Crippen molar-refractivity contribution in [3.63, 3.8) is 0 Å². The van der Waals surface area contributed by atoms with Crippen LogP contribution in [0.3, 0.4) is 0 Å². The number of likely N-dealkylation sites (N-methyl/N-ethyl adjacent to an activating group) is 1. The molecule has 0 aliphatic heterocycles. The third-order valence-electron chi connectivity index (χ3n) is 3.85. The highest BCUT2D eigenvalue weighted by molar-refractivity contribution is 5.28. The number of hydrogen-bond donors (Lipinski definition) is 1. The van der Waals surface area contributed by atoms with Crippen molar-refractivity contribution in [2.24, 2.45) is 0 Å². The Morgan fingerprint density at radius 2 is 2.35 bits per heavy atom. The Morgan fingerprint density at radius 3 is 2.88 bits per heavy atom. The predicted molar refractivity (Wildman–Crippen MR) is 71.2 cm³/mol. The van der Waals surface area contributed by atoms with Crippen molar-refractivity contribution in [3.8, 4) is 0 Å². The topological polar surface area (TPSA) is 33.1 Å². The Bertz CT molecular complexity index is 377. The van der Waals surface area contributed by atoms with E-state index in [2.05, 4.69) is 40.4 Å². The molecule has 0 saturated heterocycles. The van der Waals surface area contributed by atoms with Crippen molar-refractivity contribution < 1.29 is 0 Å². The highest BCUT2D eigenvalue weighted by atomic mass is 15.2. The molecule has 1 fully saturated rings. The molecular weight excluding hydrogens is 212 g/mol. The lowest BCUT2D eigenvalue weighted by Crippen LogP contribution is -2.54. The molecule has 4 heteroatoms. The van der Waals surface area contributed by atoms with Gasteiger partial charge in [-0.05, 0) is 33.4 Å². The largest absolute Gasteiger partial charge is 0.354 e. The van der Waals surface area contributed by atoms with Crippen LogP contribution in [0, 0.1) is 0 Å². The Labute approximate surface area is 103 Å². The molecule has 0 unspecified atom stereocenters. The van der Waals surface area contributed by atoms with E-state index in [9.17, 15) is 0 Å². The van der Waals surface area contributed by atoms with Crippen LogP contribution in [0.15, 0.2) is 25.0 Å². The standard InChI is InChI=1S/C13H22N4/c1-4-9-17-10-8-14-12(17)15-11-13(16(2)3)6-5-7-13/h4,8,10H,1,5-7,9,11H2,2-3H3,(H,14,15). The third kappa shape index (κ3) is 2.36. The highest BCUT2D eigenvalue weighted by Gasteiger charge is 2.38. The number of nitrogens with one attached hydrogen (secondary N) is 1. The molecule has 1 saturated carbocycles. The summed E-state index contributed by atoms with van der Waals surface area (Å²) in [5, 5.41) is 3.46. The van der Waals surface area contributed by atoms with Crippen molar-refractivity contribution in [3.05, 3.63) is 25.0 Å². The molecule has 1 aliphatic carbocycles. The number of imidazole rings is 1. The monoisotopic (exact) mass is 234 g/mol. The SMILES string of the molecule is C=CCn1ccnc1NCC1(N(C)C)CCC1. The zero-order chi connectivity index (χ0) is 12.3. The number of aromatic nitrogens is 2. The van der Waals surface area contributed by atoms with Crippen molar-refractivity contribution >= 4 is 5.95 Å². The first-order chi connectivity index (χ1) is 8.18. The zero-order valence-electron chi connectivity index (χ0n) is 10.8. The molecule has 94 valence electrons. The number of rotatable bonds is 6. The third-order valence-corrected chi connectivity index (χ3v) is 3.85. The molecule has 1 aromatic rings. The van der Waals surface area contributed by atoms with E-state index < -0.39 is 0 Å². The van der Waals surface area contributed by atoms with E-state index >= 15 is 0 Å². The van der Waals surface area contributed by atoms with E-state index in [1.165, 1.54) is 19.3 Å². The van der Waals surface area contributed by atoms with Gasteiger partial charge in [-0.15, -0.1) is 6.58 Å². The molecule has 1 aliphatic rings. The molecule has 0 amide bonds. The number of anilines is 1. The molecule has 1 aromatic heterocycles. The van der Waals surface area contributed by atoms with Gasteiger partial charge in [0, 0.05) is 31.0 Å². The van der Waals surface area contributed by atoms with Gasteiger partial charge in [-0.2, -0.15) is 0 Å². The van der Waals surface area contributed by atoms with Crippen molar-refractivity contribution in [1.82, 2.24) is 14.5 Å². The minimum atomic E-state index is 0.324. The maximum Gasteiger partial charge on any atom is 0.203 e. The highest BCUT2D eigenvalue weighted by Crippen LogP contribution is 2.36. The molecule has 1 heterocycles. The molecule has 0 atom stereocenters. The summed E-state index contributed by atoms with van der Waals surface area (Å²) in [5.41, 5.74) is 0.324. The van der Waals surface area contributed by atoms with Gasteiger partial charge in [0.25, 0.3) is 0 Å². The first-order valence-corrected chi connectivity index (χ1v) is 6.21. The number of allylic oxidation sites excluding steroid dienone is 1. The van der Waals surface area contributed by atoms with Gasteiger partial charge in [0.2, 0.25) is 5.95 Å². The van der Waals surface area contributed by atoms with Gasteiger partial charge < -0.3 is 14.8 Å². The number of hydrogen-bond acceptors (Lipinski definition) is 3. The fourth-order valence-corrected chi connectivity index (χ4v) is 2.37. The minimum Gasteiger partial charge on any atom is -0.354 e. The molecule has 17 heavy (non-hydrogen) atoms. The Balaban J connectivity index is 1.97. The van der Waals surface area contributed by atoms with Gasteiger partial charge in [0.1, 0.15) is 0 Å². The maximum atomic E-state index is 4.34. The Hall–Kier alpha value is -1.29. The summed E-state index contributed by atoms with van der Waals surface area (Å²) in [6.45, 7) is 5.53. The second kappa shape index (κ2) is 4.92. The van der Waals surface area contributed by atoms with Crippen LogP contribution in [0.2, 0.25) is 0 Å². The van der Waals surface area contributed by atoms with Crippen LogP contribution >= 0.6 is 0 Å². The van der Waals surface area contributed by atoms with Crippen molar-refractivity contribution in [1.29, 1.82) is 0 Å². The summed E-state index contributed by atoms with van der Waals surface area (Å²) < 4.78 is 2.08. The van der Waals surface area contributed by atoms with E-state index in [0.29, 0.717) is 5.54 Å². The van der Waals surface area contributed by atoms with E-state index in [1.807, 2.05) is 18.5 Å². The van der Waals surface area contributed by atoms with Crippen molar-refractivity contribution in [2.45, 2.75) is 31.3 Å². The summed E-state index contributed by atoms with van der Waals surface area (Å²) >= 11 is 0. The Kier molecular flexibility index (Phi) is 3.52. The van der Waals surface area contributed by atoms with Gasteiger partial charge in [0.05, 0.1) is 0 Å². The first kappa shape index (κ1) is 12.2. The van der Waals surface area contributed by atoms with Gasteiger partial charge >= 0.3 is 0 Å². The van der Waals surface area contributed by atoms with Gasteiger partial charge in [0.15, 0.2) is 0 Å². The first-order valence-electron chi connectivity index (χ1n) is 6.21. The summed E-state index contributed by atoms with van der Waals surface area (Å²) in [6, 6.07) is 0. The summed E-state index contributed by atoms with van der Waals surface area (Å²) in [6.07, 6.45) is 9.57. The van der Waals surface area contributed by atoms with Crippen LogP contribution in [0.4, 0.5) is 5.95 Å². The summed E-state index contributed by atoms with van der Waals surface area (Å²) in [4.78, 5) is 6.68. The van der Waals surface area contributed by atoms with Crippen LogP contribution in [-0.2, 0) is 6.54 Å². The minimum absolute atomic E-state index is 0.324. The second-order valence-corrected chi connectivity index (χ2v) is 5.02. The van der Waals surface area contributed by atoms with Crippen molar-refractivity contribution in [2.75, 3.05) is 26.0 Å². The van der Waals surface area contributed by atoms with E-state index in [0.717, 1.165) is 19.0 Å². The average molecular weight is 234 g/mol. The fourth-order valence-electron chi connectivity index (χ4n) is 2.37. The van der Waals surface area contributed by atoms with E-state index in [-0.39, 0.29) is 0 Å². The molecule has 2 rings (SSSR count). The lowest BCUT2D eigenvalue weighted by atomic mass is 9.75. The molecule has 1 N–H and O–H groups in total. The summed E-state index contributed by atoms with van der Waals surface area (Å²) in [7, 11) is 4.33. The predicted octanol–water partition coefficient (Wildman–Crippen LogP) is 1.97. The normalized spacial score (nSPS) is 17.8. The molecule has 0 spiro atoms. The van der Waals surface area contributed by atoms with Crippen LogP contribution < -0.4 is 5.32 Å². The Morgan fingerprint density at radius 1 is 1.59 bits per heavy atom. The lowest BCUT2D eigenvalue weighted by Gasteiger charge is -2.47.